The van der Waals surface area contributed by atoms with Crippen molar-refractivity contribution in [3.63, 3.8) is 0 Å². The first-order valence-electron chi connectivity index (χ1n) is 5.76. The molecule has 0 spiro atoms. The van der Waals surface area contributed by atoms with Crippen molar-refractivity contribution in [3.05, 3.63) is 30.1 Å². The van der Waals surface area contributed by atoms with Crippen molar-refractivity contribution >= 4 is 24.3 Å². The smallest absolute Gasteiger partial charge is 0.488 e. The molecule has 0 saturated heterocycles. The van der Waals surface area contributed by atoms with Gasteiger partial charge in [0.1, 0.15) is 11.6 Å². The van der Waals surface area contributed by atoms with Gasteiger partial charge in [0, 0.05) is 5.75 Å². The molecular formula is C11H14BN3O3S. The van der Waals surface area contributed by atoms with Crippen molar-refractivity contribution in [2.75, 3.05) is 12.4 Å². The monoisotopic (exact) mass is 279 g/mol. The highest BCUT2D eigenvalue weighted by Gasteiger charge is 2.09. The molecule has 0 aliphatic rings. The topological polar surface area (TPSA) is 91.3 Å². The molecule has 0 radical (unpaired) electrons. The van der Waals surface area contributed by atoms with Gasteiger partial charge in [0.05, 0.1) is 6.61 Å². The summed E-state index contributed by atoms with van der Waals surface area (Å²) in [6.45, 7) is 2.38. The van der Waals surface area contributed by atoms with E-state index in [0.29, 0.717) is 23.0 Å². The molecule has 0 unspecified atom stereocenters. The summed E-state index contributed by atoms with van der Waals surface area (Å²) >= 11 is 1.51. The van der Waals surface area contributed by atoms with Gasteiger partial charge in [-0.05, 0) is 24.5 Å². The van der Waals surface area contributed by atoms with Gasteiger partial charge in [-0.2, -0.15) is 0 Å². The fraction of sp³-hybridized carbons (Fsp3) is 0.273. The second kappa shape index (κ2) is 6.60. The number of rotatable bonds is 6. The van der Waals surface area contributed by atoms with E-state index in [0.717, 1.165) is 11.6 Å². The third-order valence-corrected chi connectivity index (χ3v) is 3.15. The van der Waals surface area contributed by atoms with Crippen molar-refractivity contribution in [1.82, 2.24) is 15.2 Å². The van der Waals surface area contributed by atoms with Gasteiger partial charge in [-0.15, -0.1) is 5.10 Å². The summed E-state index contributed by atoms with van der Waals surface area (Å²) in [7, 11) is -1.45. The van der Waals surface area contributed by atoms with Gasteiger partial charge in [-0.1, -0.05) is 23.9 Å². The zero-order valence-electron chi connectivity index (χ0n) is 10.4. The molecule has 0 atom stereocenters. The maximum Gasteiger partial charge on any atom is 0.488 e. The normalized spacial score (nSPS) is 10.5. The second-order valence-corrected chi connectivity index (χ2v) is 4.91. The number of hydrogen-bond donors (Lipinski definition) is 3. The number of H-pyrrole nitrogens is 1. The number of ether oxygens (including phenoxy) is 1. The molecule has 2 rings (SSSR count). The van der Waals surface area contributed by atoms with Gasteiger partial charge in [0.2, 0.25) is 5.16 Å². The standard InChI is InChI=1S/C11H14BN3O3S/c1-8-13-11(15-14-8)19-7-6-18-10-4-2-9(3-5-10)12(16)17/h2-5,16-17H,6-7H2,1H3,(H,13,14,15). The van der Waals surface area contributed by atoms with E-state index < -0.39 is 7.12 Å². The summed E-state index contributed by atoms with van der Waals surface area (Å²) in [5.74, 6) is 2.22. The fourth-order valence-corrected chi connectivity index (χ4v) is 2.08. The summed E-state index contributed by atoms with van der Waals surface area (Å²) in [6, 6.07) is 6.64. The SMILES string of the molecule is Cc1nc(SCCOc2ccc(B(O)O)cc2)n[nH]1. The lowest BCUT2D eigenvalue weighted by atomic mass is 9.80. The average Bonchev–Trinajstić information content (AvgIpc) is 2.81. The first-order chi connectivity index (χ1) is 9.15. The van der Waals surface area contributed by atoms with Crippen LogP contribution in [0.3, 0.4) is 0 Å². The Bertz CT molecular complexity index is 518. The molecule has 19 heavy (non-hydrogen) atoms. The molecule has 0 aliphatic heterocycles. The van der Waals surface area contributed by atoms with E-state index in [1.54, 1.807) is 24.3 Å². The summed E-state index contributed by atoms with van der Waals surface area (Å²) in [4.78, 5) is 4.17. The van der Waals surface area contributed by atoms with E-state index in [2.05, 4.69) is 15.2 Å². The number of nitrogens with zero attached hydrogens (tertiary/aromatic N) is 2. The lowest BCUT2D eigenvalue weighted by molar-refractivity contribution is 0.344. The highest BCUT2D eigenvalue weighted by Crippen LogP contribution is 2.13. The highest BCUT2D eigenvalue weighted by molar-refractivity contribution is 7.99. The average molecular weight is 279 g/mol. The van der Waals surface area contributed by atoms with E-state index in [9.17, 15) is 0 Å². The molecule has 2 aromatic rings. The van der Waals surface area contributed by atoms with Crippen LogP contribution < -0.4 is 10.2 Å². The van der Waals surface area contributed by atoms with Crippen LogP contribution in [-0.4, -0.2) is 44.7 Å². The van der Waals surface area contributed by atoms with E-state index in [1.165, 1.54) is 11.8 Å². The minimum absolute atomic E-state index is 0.443. The number of benzene rings is 1. The molecule has 0 fully saturated rings. The Morgan fingerprint density at radius 3 is 2.63 bits per heavy atom. The minimum Gasteiger partial charge on any atom is -0.493 e. The largest absolute Gasteiger partial charge is 0.493 e. The Hall–Kier alpha value is -1.51. The van der Waals surface area contributed by atoms with Crippen molar-refractivity contribution in [2.45, 2.75) is 12.1 Å². The lowest BCUT2D eigenvalue weighted by Crippen LogP contribution is -2.29. The fourth-order valence-electron chi connectivity index (χ4n) is 1.42. The maximum absolute atomic E-state index is 8.95. The predicted molar refractivity (Wildman–Crippen MR) is 73.6 cm³/mol. The lowest BCUT2D eigenvalue weighted by Gasteiger charge is -2.06. The van der Waals surface area contributed by atoms with Gasteiger partial charge in [0.15, 0.2) is 0 Å². The molecule has 6 nitrogen and oxygen atoms in total. The first kappa shape index (κ1) is 13.9. The Kier molecular flexibility index (Phi) is 4.83. The Morgan fingerprint density at radius 1 is 1.32 bits per heavy atom. The molecule has 0 bridgehead atoms. The number of thioether (sulfide) groups is 1. The van der Waals surface area contributed by atoms with Crippen LogP contribution in [0.4, 0.5) is 0 Å². The maximum atomic E-state index is 8.95. The van der Waals surface area contributed by atoms with Crippen LogP contribution in [0.5, 0.6) is 5.75 Å². The molecule has 100 valence electrons. The number of aryl methyl sites for hydroxylation is 1. The van der Waals surface area contributed by atoms with Crippen LogP contribution in [0.2, 0.25) is 0 Å². The molecule has 1 aromatic heterocycles. The molecule has 1 aromatic carbocycles. The zero-order chi connectivity index (χ0) is 13.7. The Labute approximate surface area is 115 Å². The van der Waals surface area contributed by atoms with Crippen LogP contribution in [0, 0.1) is 6.92 Å². The predicted octanol–water partition coefficient (Wildman–Crippen LogP) is -0.0360. The highest BCUT2D eigenvalue weighted by atomic mass is 32.2. The van der Waals surface area contributed by atoms with E-state index in [-0.39, 0.29) is 0 Å². The van der Waals surface area contributed by atoms with Crippen LogP contribution in [-0.2, 0) is 0 Å². The third kappa shape index (κ3) is 4.27. The number of aromatic nitrogens is 3. The molecule has 0 amide bonds. The van der Waals surface area contributed by atoms with E-state index >= 15 is 0 Å². The summed E-state index contributed by atoms with van der Waals surface area (Å²) in [5, 5.41) is 25.4. The quantitative estimate of drug-likeness (QED) is 0.390. The summed E-state index contributed by atoms with van der Waals surface area (Å²) in [5.41, 5.74) is 0.443. The van der Waals surface area contributed by atoms with Crippen LogP contribution in [0.1, 0.15) is 5.82 Å². The van der Waals surface area contributed by atoms with Gasteiger partial charge >= 0.3 is 7.12 Å². The number of aromatic amines is 1. The zero-order valence-corrected chi connectivity index (χ0v) is 11.2. The van der Waals surface area contributed by atoms with E-state index in [1.807, 2.05) is 6.92 Å². The van der Waals surface area contributed by atoms with Crippen LogP contribution in [0.15, 0.2) is 29.4 Å². The molecule has 8 heteroatoms. The first-order valence-corrected chi connectivity index (χ1v) is 6.74. The van der Waals surface area contributed by atoms with Crippen molar-refractivity contribution in [1.29, 1.82) is 0 Å². The molecule has 0 aliphatic carbocycles. The molecule has 3 N–H and O–H groups in total. The van der Waals surface area contributed by atoms with Crippen molar-refractivity contribution in [2.24, 2.45) is 0 Å². The van der Waals surface area contributed by atoms with Gasteiger partial charge in [0.25, 0.3) is 0 Å². The third-order valence-electron chi connectivity index (χ3n) is 2.34. The number of nitrogens with one attached hydrogen (secondary N) is 1. The molecule has 0 saturated carbocycles. The van der Waals surface area contributed by atoms with Gasteiger partial charge in [-0.3, -0.25) is 5.10 Å². The minimum atomic E-state index is -1.45. The summed E-state index contributed by atoms with van der Waals surface area (Å²) in [6.07, 6.45) is 0. The summed E-state index contributed by atoms with van der Waals surface area (Å²) < 4.78 is 5.52. The van der Waals surface area contributed by atoms with Crippen LogP contribution >= 0.6 is 11.8 Å². The molecular weight excluding hydrogens is 265 g/mol. The van der Waals surface area contributed by atoms with Crippen LogP contribution in [0.25, 0.3) is 0 Å². The van der Waals surface area contributed by atoms with Crippen molar-refractivity contribution in [3.8, 4) is 5.75 Å². The van der Waals surface area contributed by atoms with Gasteiger partial charge < -0.3 is 14.8 Å². The Morgan fingerprint density at radius 2 is 2.05 bits per heavy atom. The van der Waals surface area contributed by atoms with Gasteiger partial charge in [-0.25, -0.2) is 4.98 Å². The Balaban J connectivity index is 1.73. The van der Waals surface area contributed by atoms with E-state index in [4.69, 9.17) is 14.8 Å². The molecule has 1 heterocycles. The van der Waals surface area contributed by atoms with Crippen molar-refractivity contribution < 1.29 is 14.8 Å². The number of hydrogen-bond acceptors (Lipinski definition) is 6. The second-order valence-electron chi connectivity index (χ2n) is 3.84.